The van der Waals surface area contributed by atoms with E-state index < -0.39 is 0 Å². The Kier molecular flexibility index (Phi) is 5.69. The minimum absolute atomic E-state index is 0.110. The van der Waals surface area contributed by atoms with Gasteiger partial charge in [0.1, 0.15) is 18.5 Å². The summed E-state index contributed by atoms with van der Waals surface area (Å²) in [6.07, 6.45) is 4.70. The maximum Gasteiger partial charge on any atom is 0.252 e. The second-order valence-corrected chi connectivity index (χ2v) is 6.56. The molecule has 1 fully saturated rings. The van der Waals surface area contributed by atoms with E-state index in [0.717, 1.165) is 13.1 Å². The zero-order chi connectivity index (χ0) is 19.2. The summed E-state index contributed by atoms with van der Waals surface area (Å²) in [7, 11) is 0. The van der Waals surface area contributed by atoms with Gasteiger partial charge in [-0.25, -0.2) is 4.98 Å². The van der Waals surface area contributed by atoms with Crippen molar-refractivity contribution in [3.8, 4) is 5.82 Å². The summed E-state index contributed by atoms with van der Waals surface area (Å²) in [6.45, 7) is 3.66. The number of carbonyl (C=O) groups excluding carboxylic acids is 1. The highest BCUT2D eigenvalue weighted by molar-refractivity contribution is 5.93. The minimum atomic E-state index is -0.142. The monoisotopic (exact) mass is 378 g/mol. The number of morpholine rings is 1. The van der Waals surface area contributed by atoms with Crippen LogP contribution < -0.4 is 5.32 Å². The van der Waals surface area contributed by atoms with Crippen LogP contribution in [0.15, 0.2) is 61.3 Å². The molecule has 8 nitrogen and oxygen atoms in total. The molecule has 3 heterocycles. The Labute approximate surface area is 163 Å². The number of aromatic nitrogens is 4. The topological polar surface area (TPSA) is 85.2 Å². The van der Waals surface area contributed by atoms with Crippen LogP contribution in [0.4, 0.5) is 0 Å². The molecule has 144 valence electrons. The number of nitrogens with zero attached hydrogens (tertiary/aromatic N) is 5. The van der Waals surface area contributed by atoms with Gasteiger partial charge in [0, 0.05) is 25.8 Å². The number of pyridine rings is 1. The maximum absolute atomic E-state index is 12.6. The molecule has 2 aromatic heterocycles. The van der Waals surface area contributed by atoms with E-state index in [1.807, 2.05) is 18.2 Å². The molecule has 3 aromatic rings. The molecule has 0 spiro atoms. The highest BCUT2D eigenvalue weighted by Gasteiger charge is 2.23. The van der Waals surface area contributed by atoms with Gasteiger partial charge in [0.2, 0.25) is 0 Å². The van der Waals surface area contributed by atoms with Gasteiger partial charge in [-0.1, -0.05) is 30.3 Å². The Morgan fingerprint density at radius 3 is 2.50 bits per heavy atom. The van der Waals surface area contributed by atoms with E-state index in [0.29, 0.717) is 31.1 Å². The third-order valence-electron chi connectivity index (χ3n) is 4.82. The molecule has 1 aliphatic rings. The Morgan fingerprint density at radius 2 is 1.82 bits per heavy atom. The quantitative estimate of drug-likeness (QED) is 0.699. The largest absolute Gasteiger partial charge is 0.379 e. The number of nitrogens with one attached hydrogen (secondary N) is 1. The number of hydrogen-bond acceptors (Lipinski definition) is 6. The number of benzene rings is 1. The summed E-state index contributed by atoms with van der Waals surface area (Å²) in [5.74, 6) is 0.522. The highest BCUT2D eigenvalue weighted by Crippen LogP contribution is 2.21. The Morgan fingerprint density at radius 1 is 1.07 bits per heavy atom. The number of ether oxygens (including phenoxy) is 1. The minimum Gasteiger partial charge on any atom is -0.379 e. The van der Waals surface area contributed by atoms with Gasteiger partial charge in [0.15, 0.2) is 0 Å². The van der Waals surface area contributed by atoms with Crippen molar-refractivity contribution in [2.75, 3.05) is 32.8 Å². The highest BCUT2D eigenvalue weighted by atomic mass is 16.5. The summed E-state index contributed by atoms with van der Waals surface area (Å²) in [4.78, 5) is 19.3. The van der Waals surface area contributed by atoms with E-state index in [2.05, 4.69) is 37.5 Å². The third kappa shape index (κ3) is 4.24. The predicted octanol–water partition coefficient (Wildman–Crippen LogP) is 1.47. The molecule has 28 heavy (non-hydrogen) atoms. The number of rotatable bonds is 6. The molecule has 4 rings (SSSR count). The molecule has 1 N–H and O–H groups in total. The van der Waals surface area contributed by atoms with Crippen LogP contribution in [0.2, 0.25) is 0 Å². The fourth-order valence-corrected chi connectivity index (χ4v) is 3.31. The van der Waals surface area contributed by atoms with E-state index in [-0.39, 0.29) is 11.9 Å². The molecule has 1 saturated heterocycles. The average Bonchev–Trinajstić information content (AvgIpc) is 3.30. The lowest BCUT2D eigenvalue weighted by molar-refractivity contribution is 0.0162. The number of amides is 1. The molecule has 0 saturated carbocycles. The normalized spacial score (nSPS) is 15.9. The van der Waals surface area contributed by atoms with Crippen molar-refractivity contribution in [3.63, 3.8) is 0 Å². The first-order chi connectivity index (χ1) is 13.8. The van der Waals surface area contributed by atoms with E-state index in [1.54, 1.807) is 35.6 Å². The van der Waals surface area contributed by atoms with Crippen LogP contribution in [0.5, 0.6) is 0 Å². The molecule has 1 atom stereocenters. The van der Waals surface area contributed by atoms with Crippen molar-refractivity contribution < 1.29 is 9.53 Å². The molecular weight excluding hydrogens is 356 g/mol. The standard InChI is InChI=1S/C20H22N6O2/c27-20(17-6-7-19(21-12-17)26-14-23-24-15-26)22-13-18(16-4-2-1-3-5-16)25-8-10-28-11-9-25/h1-7,12,14-15,18H,8-11,13H2,(H,22,27). The van der Waals surface area contributed by atoms with Crippen molar-refractivity contribution in [2.45, 2.75) is 6.04 Å². The molecule has 1 aliphatic heterocycles. The Hall–Kier alpha value is -3.10. The smallest absolute Gasteiger partial charge is 0.252 e. The molecule has 1 aromatic carbocycles. The van der Waals surface area contributed by atoms with Gasteiger partial charge in [-0.05, 0) is 17.7 Å². The van der Waals surface area contributed by atoms with Crippen LogP contribution in [0, 0.1) is 0 Å². The zero-order valence-electron chi connectivity index (χ0n) is 15.4. The predicted molar refractivity (Wildman–Crippen MR) is 103 cm³/mol. The van der Waals surface area contributed by atoms with E-state index in [1.165, 1.54) is 5.56 Å². The lowest BCUT2D eigenvalue weighted by atomic mass is 10.0. The van der Waals surface area contributed by atoms with Crippen molar-refractivity contribution in [3.05, 3.63) is 72.4 Å². The first-order valence-electron chi connectivity index (χ1n) is 9.27. The third-order valence-corrected chi connectivity index (χ3v) is 4.82. The fraction of sp³-hybridized carbons (Fsp3) is 0.300. The fourth-order valence-electron chi connectivity index (χ4n) is 3.31. The molecule has 0 aliphatic carbocycles. The second-order valence-electron chi connectivity index (χ2n) is 6.56. The van der Waals surface area contributed by atoms with Gasteiger partial charge in [-0.3, -0.25) is 14.3 Å². The zero-order valence-corrected chi connectivity index (χ0v) is 15.4. The summed E-state index contributed by atoms with van der Waals surface area (Å²) in [5.41, 5.74) is 1.70. The van der Waals surface area contributed by atoms with E-state index >= 15 is 0 Å². The van der Waals surface area contributed by atoms with Crippen LogP contribution in [0.25, 0.3) is 5.82 Å². The van der Waals surface area contributed by atoms with Crippen molar-refractivity contribution in [2.24, 2.45) is 0 Å². The molecular formula is C20H22N6O2. The lowest BCUT2D eigenvalue weighted by Crippen LogP contribution is -2.43. The van der Waals surface area contributed by atoms with Gasteiger partial charge in [-0.2, -0.15) is 0 Å². The number of hydrogen-bond donors (Lipinski definition) is 1. The number of carbonyl (C=O) groups is 1. The van der Waals surface area contributed by atoms with E-state index in [4.69, 9.17) is 4.74 Å². The van der Waals surface area contributed by atoms with Gasteiger partial charge >= 0.3 is 0 Å². The van der Waals surface area contributed by atoms with Gasteiger partial charge in [0.25, 0.3) is 5.91 Å². The summed E-state index contributed by atoms with van der Waals surface area (Å²) in [6, 6.07) is 13.9. The molecule has 0 radical (unpaired) electrons. The summed E-state index contributed by atoms with van der Waals surface area (Å²) in [5, 5.41) is 10.6. The lowest BCUT2D eigenvalue weighted by Gasteiger charge is -2.34. The van der Waals surface area contributed by atoms with Crippen LogP contribution in [-0.2, 0) is 4.74 Å². The Balaban J connectivity index is 1.43. The van der Waals surface area contributed by atoms with E-state index in [9.17, 15) is 4.79 Å². The molecule has 0 bridgehead atoms. The first kappa shape index (κ1) is 18.3. The summed E-state index contributed by atoms with van der Waals surface area (Å²) < 4.78 is 7.16. The average molecular weight is 378 g/mol. The van der Waals surface area contributed by atoms with Crippen LogP contribution in [0.3, 0.4) is 0 Å². The Bertz CT molecular complexity index is 877. The van der Waals surface area contributed by atoms with Gasteiger partial charge < -0.3 is 10.1 Å². The first-order valence-corrected chi connectivity index (χ1v) is 9.27. The van der Waals surface area contributed by atoms with Crippen molar-refractivity contribution in [1.29, 1.82) is 0 Å². The molecule has 8 heteroatoms. The molecule has 1 unspecified atom stereocenters. The molecule has 1 amide bonds. The van der Waals surface area contributed by atoms with Crippen LogP contribution >= 0.6 is 0 Å². The SMILES string of the molecule is O=C(NCC(c1ccccc1)N1CCOCC1)c1ccc(-n2cnnc2)nc1. The maximum atomic E-state index is 12.6. The second kappa shape index (κ2) is 8.73. The van der Waals surface area contributed by atoms with Crippen LogP contribution in [0.1, 0.15) is 22.0 Å². The van der Waals surface area contributed by atoms with Gasteiger partial charge in [-0.15, -0.1) is 10.2 Å². The summed E-state index contributed by atoms with van der Waals surface area (Å²) >= 11 is 0. The van der Waals surface area contributed by atoms with Crippen molar-refractivity contribution in [1.82, 2.24) is 30.0 Å². The van der Waals surface area contributed by atoms with Gasteiger partial charge in [0.05, 0.1) is 24.8 Å². The van der Waals surface area contributed by atoms with Crippen molar-refractivity contribution >= 4 is 5.91 Å². The van der Waals surface area contributed by atoms with Crippen LogP contribution in [-0.4, -0.2) is 63.4 Å².